The molecule has 0 radical (unpaired) electrons. The van der Waals surface area contributed by atoms with E-state index in [1.54, 1.807) is 24.5 Å². The molecule has 0 aliphatic rings. The number of aryl methyl sites for hydroxylation is 1. The van der Waals surface area contributed by atoms with Gasteiger partial charge in [-0.25, -0.2) is 17.9 Å². The van der Waals surface area contributed by atoms with E-state index in [9.17, 15) is 13.2 Å². The summed E-state index contributed by atoms with van der Waals surface area (Å²) < 4.78 is 33.8. The number of anilines is 3. The fourth-order valence-corrected chi connectivity index (χ4v) is 3.86. The van der Waals surface area contributed by atoms with Crippen molar-refractivity contribution < 1.29 is 12.8 Å². The van der Waals surface area contributed by atoms with Crippen LogP contribution in [0.2, 0.25) is 0 Å². The van der Waals surface area contributed by atoms with Crippen molar-refractivity contribution in [3.63, 3.8) is 0 Å². The predicted octanol–water partition coefficient (Wildman–Crippen LogP) is 1.45. The third kappa shape index (κ3) is 4.70. The minimum absolute atomic E-state index is 0.0442. The molecule has 1 aromatic carbocycles. The Morgan fingerprint density at radius 2 is 1.74 bits per heavy atom. The highest BCUT2D eigenvalue weighted by molar-refractivity contribution is 7.89. The molecule has 12 heteroatoms. The van der Waals surface area contributed by atoms with Crippen molar-refractivity contribution in [3.8, 4) is 0 Å². The van der Waals surface area contributed by atoms with Crippen LogP contribution in [0.15, 0.2) is 69.0 Å². The van der Waals surface area contributed by atoms with Crippen molar-refractivity contribution in [2.75, 3.05) is 23.7 Å². The van der Waals surface area contributed by atoms with Gasteiger partial charge in [-0.05, 0) is 42.5 Å². The van der Waals surface area contributed by atoms with Gasteiger partial charge in [-0.1, -0.05) is 0 Å². The molecule has 0 aliphatic heterocycles. The van der Waals surface area contributed by atoms with Gasteiger partial charge in [0.25, 0.3) is 0 Å². The second-order valence-electron chi connectivity index (χ2n) is 6.55. The highest BCUT2D eigenvalue weighted by atomic mass is 32.2. The minimum Gasteiger partial charge on any atom is -0.408 e. The maximum atomic E-state index is 12.5. The van der Waals surface area contributed by atoms with Crippen LogP contribution in [-0.4, -0.2) is 41.3 Å². The van der Waals surface area contributed by atoms with Gasteiger partial charge in [0.15, 0.2) is 11.4 Å². The largest absolute Gasteiger partial charge is 0.419 e. The molecule has 0 bridgehead atoms. The monoisotopic (exact) mass is 441 g/mol. The number of rotatable bonds is 8. The Hall–Kier alpha value is -3.77. The van der Waals surface area contributed by atoms with Crippen LogP contribution >= 0.6 is 0 Å². The van der Waals surface area contributed by atoms with Gasteiger partial charge in [-0.3, -0.25) is 9.55 Å². The maximum Gasteiger partial charge on any atom is 0.419 e. The maximum absolute atomic E-state index is 12.5. The molecule has 0 saturated carbocycles. The van der Waals surface area contributed by atoms with Gasteiger partial charge in [0, 0.05) is 38.2 Å². The van der Waals surface area contributed by atoms with Gasteiger partial charge in [0.2, 0.25) is 10.0 Å². The Labute approximate surface area is 177 Å². The van der Waals surface area contributed by atoms with Crippen LogP contribution in [0.25, 0.3) is 11.1 Å². The molecule has 0 amide bonds. The van der Waals surface area contributed by atoms with E-state index < -0.39 is 15.8 Å². The Morgan fingerprint density at radius 3 is 2.48 bits per heavy atom. The molecular formula is C19H19N7O4S. The lowest BCUT2D eigenvalue weighted by Crippen LogP contribution is -2.29. The van der Waals surface area contributed by atoms with Crippen LogP contribution < -0.4 is 21.1 Å². The normalized spacial score (nSPS) is 11.5. The van der Waals surface area contributed by atoms with Crippen molar-refractivity contribution in [2.45, 2.75) is 4.90 Å². The first-order valence-corrected chi connectivity index (χ1v) is 10.7. The van der Waals surface area contributed by atoms with E-state index in [1.165, 1.54) is 29.8 Å². The third-order valence-electron chi connectivity index (χ3n) is 4.41. The summed E-state index contributed by atoms with van der Waals surface area (Å²) >= 11 is 0. The van der Waals surface area contributed by atoms with E-state index in [4.69, 9.17) is 4.42 Å². The van der Waals surface area contributed by atoms with E-state index in [1.807, 2.05) is 12.1 Å². The number of fused-ring (bicyclic) bond motifs is 1. The fraction of sp³-hybridized carbons (Fsp3) is 0.158. The number of hydrogen-bond acceptors (Lipinski definition) is 9. The van der Waals surface area contributed by atoms with Crippen molar-refractivity contribution in [3.05, 3.63) is 65.4 Å². The van der Waals surface area contributed by atoms with Gasteiger partial charge in [0.05, 0.1) is 10.4 Å². The smallest absolute Gasteiger partial charge is 0.408 e. The molecule has 3 aromatic heterocycles. The number of aromatic nitrogens is 4. The first-order chi connectivity index (χ1) is 14.9. The Kier molecular flexibility index (Phi) is 5.64. The number of benzene rings is 1. The minimum atomic E-state index is -3.75. The molecule has 31 heavy (non-hydrogen) atoms. The van der Waals surface area contributed by atoms with Crippen LogP contribution in [0.4, 0.5) is 17.3 Å². The zero-order valence-corrected chi connectivity index (χ0v) is 17.3. The van der Waals surface area contributed by atoms with Gasteiger partial charge in [0.1, 0.15) is 5.82 Å². The highest BCUT2D eigenvalue weighted by Gasteiger charge is 2.16. The number of nitrogens with one attached hydrogen (secondary N) is 3. The molecule has 0 unspecified atom stereocenters. The predicted molar refractivity (Wildman–Crippen MR) is 115 cm³/mol. The van der Waals surface area contributed by atoms with Gasteiger partial charge in [-0.15, -0.1) is 10.2 Å². The summed E-state index contributed by atoms with van der Waals surface area (Å²) in [6.07, 6.45) is 3.34. The highest BCUT2D eigenvalue weighted by Crippen LogP contribution is 2.18. The topological polar surface area (TPSA) is 144 Å². The molecule has 0 fully saturated rings. The standard InChI is InChI=1S/C19H19N7O4S/c1-26-15-12-14(2-3-16(15)30-19(26)27)31(28,29)22-11-10-21-17-4-5-18(25-24-17)23-13-6-8-20-9-7-13/h2-9,12,22H,10-11H2,1H3,(H,21,24)(H,20,23,25). The van der Waals surface area contributed by atoms with Crippen molar-refractivity contribution >= 4 is 38.4 Å². The SMILES string of the molecule is Cn1c(=O)oc2ccc(S(=O)(=O)NCCNc3ccc(Nc4ccncc4)nn3)cc21. The van der Waals surface area contributed by atoms with Gasteiger partial charge in [-0.2, -0.15) is 0 Å². The Bertz CT molecular complexity index is 1350. The number of pyridine rings is 1. The molecule has 11 nitrogen and oxygen atoms in total. The quantitative estimate of drug-likeness (QED) is 0.346. The molecule has 0 saturated heterocycles. The zero-order chi connectivity index (χ0) is 21.8. The molecular weight excluding hydrogens is 422 g/mol. The number of oxazole rings is 1. The van der Waals surface area contributed by atoms with Crippen LogP contribution in [0.3, 0.4) is 0 Å². The number of hydrogen-bond donors (Lipinski definition) is 3. The number of nitrogens with zero attached hydrogens (tertiary/aromatic N) is 4. The first kappa shape index (κ1) is 20.5. The molecule has 160 valence electrons. The first-order valence-electron chi connectivity index (χ1n) is 9.26. The molecule has 3 N–H and O–H groups in total. The van der Waals surface area contributed by atoms with E-state index in [0.29, 0.717) is 29.3 Å². The second kappa shape index (κ2) is 8.53. The average molecular weight is 441 g/mol. The molecule has 4 rings (SSSR count). The van der Waals surface area contributed by atoms with E-state index in [0.717, 1.165) is 5.69 Å². The van der Waals surface area contributed by atoms with E-state index >= 15 is 0 Å². The molecule has 0 spiro atoms. The van der Waals surface area contributed by atoms with Crippen LogP contribution in [0.1, 0.15) is 0 Å². The summed E-state index contributed by atoms with van der Waals surface area (Å²) in [6.45, 7) is 0.431. The lowest BCUT2D eigenvalue weighted by atomic mass is 10.3. The molecule has 0 aliphatic carbocycles. The van der Waals surface area contributed by atoms with Crippen LogP contribution in [0, 0.1) is 0 Å². The van der Waals surface area contributed by atoms with Crippen LogP contribution in [-0.2, 0) is 17.1 Å². The summed E-state index contributed by atoms with van der Waals surface area (Å²) in [4.78, 5) is 15.6. The van der Waals surface area contributed by atoms with Crippen molar-refractivity contribution in [1.29, 1.82) is 0 Å². The van der Waals surface area contributed by atoms with Gasteiger partial charge < -0.3 is 15.1 Å². The number of sulfonamides is 1. The van der Waals surface area contributed by atoms with Gasteiger partial charge >= 0.3 is 5.76 Å². The molecule has 0 atom stereocenters. The average Bonchev–Trinajstić information content (AvgIpc) is 3.06. The fourth-order valence-electron chi connectivity index (χ4n) is 2.81. The van der Waals surface area contributed by atoms with E-state index in [2.05, 4.69) is 30.5 Å². The van der Waals surface area contributed by atoms with Crippen molar-refractivity contribution in [2.24, 2.45) is 7.05 Å². The lowest BCUT2D eigenvalue weighted by molar-refractivity contribution is 0.528. The summed E-state index contributed by atoms with van der Waals surface area (Å²) in [5.41, 5.74) is 1.57. The summed E-state index contributed by atoms with van der Waals surface area (Å²) in [5, 5.41) is 14.2. The molecule has 4 aromatic rings. The van der Waals surface area contributed by atoms with E-state index in [-0.39, 0.29) is 11.4 Å². The van der Waals surface area contributed by atoms with Crippen molar-refractivity contribution in [1.82, 2.24) is 24.5 Å². The summed E-state index contributed by atoms with van der Waals surface area (Å²) in [7, 11) is -2.24. The third-order valence-corrected chi connectivity index (χ3v) is 5.87. The Morgan fingerprint density at radius 1 is 1.00 bits per heavy atom. The van der Waals surface area contributed by atoms with Crippen LogP contribution in [0.5, 0.6) is 0 Å². The summed E-state index contributed by atoms with van der Waals surface area (Å²) in [5.74, 6) is 0.528. The zero-order valence-electron chi connectivity index (χ0n) is 16.4. The Balaban J connectivity index is 1.32. The summed E-state index contributed by atoms with van der Waals surface area (Å²) in [6, 6.07) is 11.4. The lowest BCUT2D eigenvalue weighted by Gasteiger charge is -2.09. The molecule has 3 heterocycles. The second-order valence-corrected chi connectivity index (χ2v) is 8.31.